The van der Waals surface area contributed by atoms with Crippen molar-refractivity contribution >= 4 is 17.0 Å². The van der Waals surface area contributed by atoms with Crippen LogP contribution in [0, 0.1) is 5.41 Å². The Labute approximate surface area is 186 Å². The predicted molar refractivity (Wildman–Crippen MR) is 112 cm³/mol. The molecule has 1 saturated carbocycles. The number of amides is 1. The van der Waals surface area contributed by atoms with Crippen molar-refractivity contribution in [2.75, 3.05) is 20.2 Å². The molecule has 7 nitrogen and oxygen atoms in total. The molecule has 174 valence electrons. The van der Waals surface area contributed by atoms with Crippen LogP contribution in [0.3, 0.4) is 0 Å². The number of halogens is 3. The van der Waals surface area contributed by atoms with E-state index in [1.807, 2.05) is 0 Å². The summed E-state index contributed by atoms with van der Waals surface area (Å²) in [6, 6.07) is 10.4. The first-order chi connectivity index (χ1) is 15.7. The average molecular weight is 462 g/mol. The van der Waals surface area contributed by atoms with E-state index in [0.29, 0.717) is 35.3 Å². The van der Waals surface area contributed by atoms with Gasteiger partial charge in [-0.15, -0.1) is 13.2 Å². The summed E-state index contributed by atoms with van der Waals surface area (Å²) >= 11 is 0. The number of fused-ring (bicyclic) bond motifs is 1. The molecule has 2 unspecified atom stereocenters. The second-order valence-electron chi connectivity index (χ2n) is 8.56. The normalized spacial score (nSPS) is 22.3. The monoisotopic (exact) mass is 462 g/mol. The Bertz CT molecular complexity index is 1260. The summed E-state index contributed by atoms with van der Waals surface area (Å²) in [5.41, 5.74) is 2.09. The maximum Gasteiger partial charge on any atom is 0.573 e. The van der Waals surface area contributed by atoms with E-state index in [1.165, 1.54) is 28.8 Å². The van der Waals surface area contributed by atoms with Crippen molar-refractivity contribution in [2.24, 2.45) is 5.41 Å². The fraction of sp³-hybridized carbons (Fsp3) is 0.391. The Kier molecular flexibility index (Phi) is 5.00. The first-order valence-corrected chi connectivity index (χ1v) is 10.5. The standard InChI is InChI=1S/C23H21F3N2O5/c1-31-19-11-22(19)8-9-27(13-22)20(29)12-28-17-10-15(4-7-18(17)32-21(28)30)14-2-5-16(6-3-14)33-23(24,25)26/h2-7,10,19H,8-9,11-13H2,1H3. The lowest BCUT2D eigenvalue weighted by atomic mass is 10.1. The molecule has 1 aliphatic carbocycles. The summed E-state index contributed by atoms with van der Waals surface area (Å²) in [6.07, 6.45) is -2.75. The molecule has 33 heavy (non-hydrogen) atoms. The Morgan fingerprint density at radius 3 is 2.58 bits per heavy atom. The molecule has 2 aromatic carbocycles. The minimum absolute atomic E-state index is 0.0446. The van der Waals surface area contributed by atoms with Gasteiger partial charge in [0, 0.05) is 25.6 Å². The highest BCUT2D eigenvalue weighted by Gasteiger charge is 2.58. The van der Waals surface area contributed by atoms with Crippen LogP contribution >= 0.6 is 0 Å². The minimum Gasteiger partial charge on any atom is -0.408 e. The molecule has 2 heterocycles. The molecule has 10 heteroatoms. The van der Waals surface area contributed by atoms with Gasteiger partial charge in [-0.05, 0) is 48.2 Å². The maximum atomic E-state index is 12.9. The molecule has 2 aliphatic rings. The molecule has 0 bridgehead atoms. The Morgan fingerprint density at radius 1 is 1.18 bits per heavy atom. The second-order valence-corrected chi connectivity index (χ2v) is 8.56. The summed E-state index contributed by atoms with van der Waals surface area (Å²) in [5, 5.41) is 0. The molecule has 1 amide bonds. The molecule has 1 spiro atoms. The summed E-state index contributed by atoms with van der Waals surface area (Å²) in [4.78, 5) is 27.1. The lowest BCUT2D eigenvalue weighted by molar-refractivity contribution is -0.274. The number of methoxy groups -OCH3 is 1. The van der Waals surface area contributed by atoms with E-state index in [2.05, 4.69) is 4.74 Å². The zero-order valence-electron chi connectivity index (χ0n) is 17.7. The molecule has 2 fully saturated rings. The average Bonchev–Trinajstić information content (AvgIpc) is 3.11. The third kappa shape index (κ3) is 4.10. The van der Waals surface area contributed by atoms with Crippen molar-refractivity contribution < 1.29 is 31.9 Å². The number of carbonyl (C=O) groups is 1. The van der Waals surface area contributed by atoms with Crippen molar-refractivity contribution in [3.63, 3.8) is 0 Å². The van der Waals surface area contributed by atoms with Gasteiger partial charge in [0.15, 0.2) is 5.58 Å². The first-order valence-electron chi connectivity index (χ1n) is 10.5. The zero-order chi connectivity index (χ0) is 23.4. The molecule has 5 rings (SSSR count). The van der Waals surface area contributed by atoms with Gasteiger partial charge in [0.2, 0.25) is 5.91 Å². The van der Waals surface area contributed by atoms with Crippen molar-refractivity contribution in [1.29, 1.82) is 0 Å². The van der Waals surface area contributed by atoms with E-state index in [9.17, 15) is 22.8 Å². The molecule has 1 aliphatic heterocycles. The van der Waals surface area contributed by atoms with Gasteiger partial charge in [-0.25, -0.2) is 4.79 Å². The van der Waals surface area contributed by atoms with Gasteiger partial charge in [-0.1, -0.05) is 18.2 Å². The van der Waals surface area contributed by atoms with Crippen LogP contribution in [-0.4, -0.2) is 48.0 Å². The first kappa shape index (κ1) is 21.6. The predicted octanol–water partition coefficient (Wildman–Crippen LogP) is 3.80. The number of benzene rings is 2. The van der Waals surface area contributed by atoms with Crippen LogP contribution in [0.25, 0.3) is 22.2 Å². The van der Waals surface area contributed by atoms with Crippen LogP contribution in [0.1, 0.15) is 12.8 Å². The van der Waals surface area contributed by atoms with Gasteiger partial charge >= 0.3 is 12.1 Å². The number of aromatic nitrogens is 1. The zero-order valence-corrected chi connectivity index (χ0v) is 17.7. The van der Waals surface area contributed by atoms with Crippen molar-refractivity contribution in [3.05, 3.63) is 53.0 Å². The quantitative estimate of drug-likeness (QED) is 0.577. The highest BCUT2D eigenvalue weighted by Crippen LogP contribution is 2.54. The van der Waals surface area contributed by atoms with Crippen LogP contribution in [-0.2, 0) is 16.1 Å². The van der Waals surface area contributed by atoms with Gasteiger partial charge in [0.1, 0.15) is 12.3 Å². The highest BCUT2D eigenvalue weighted by atomic mass is 19.4. The molecule has 1 saturated heterocycles. The third-order valence-corrected chi connectivity index (χ3v) is 6.52. The highest BCUT2D eigenvalue weighted by molar-refractivity contribution is 5.83. The molecule has 3 aromatic rings. The van der Waals surface area contributed by atoms with Crippen molar-refractivity contribution in [2.45, 2.75) is 31.9 Å². The maximum absolute atomic E-state index is 12.9. The molecular weight excluding hydrogens is 441 g/mol. The topological polar surface area (TPSA) is 73.9 Å². The second kappa shape index (κ2) is 7.65. The minimum atomic E-state index is -4.77. The fourth-order valence-corrected chi connectivity index (χ4v) is 4.66. The molecule has 2 atom stereocenters. The Balaban J connectivity index is 1.37. The summed E-state index contributed by atoms with van der Waals surface area (Å²) in [5.74, 6) is -1.13. The number of ether oxygens (including phenoxy) is 2. The van der Waals surface area contributed by atoms with Gasteiger partial charge in [-0.3, -0.25) is 9.36 Å². The van der Waals surface area contributed by atoms with Crippen LogP contribution < -0.4 is 10.5 Å². The molecule has 0 N–H and O–H groups in total. The molecule has 0 radical (unpaired) electrons. The van der Waals surface area contributed by atoms with Crippen LogP contribution in [0.2, 0.25) is 0 Å². The molecule has 1 aromatic heterocycles. The van der Waals surface area contributed by atoms with Crippen LogP contribution in [0.4, 0.5) is 13.2 Å². The van der Waals surface area contributed by atoms with Gasteiger partial charge in [-0.2, -0.15) is 0 Å². The van der Waals surface area contributed by atoms with Gasteiger partial charge in [0.05, 0.1) is 11.6 Å². The van der Waals surface area contributed by atoms with E-state index in [-0.39, 0.29) is 29.7 Å². The van der Waals surface area contributed by atoms with Crippen molar-refractivity contribution in [1.82, 2.24) is 9.47 Å². The van der Waals surface area contributed by atoms with Crippen molar-refractivity contribution in [3.8, 4) is 16.9 Å². The Hall–Kier alpha value is -3.27. The van der Waals surface area contributed by atoms with E-state index in [0.717, 1.165) is 12.8 Å². The summed E-state index contributed by atoms with van der Waals surface area (Å²) < 4.78 is 53.0. The summed E-state index contributed by atoms with van der Waals surface area (Å²) in [6.45, 7) is 1.09. The Morgan fingerprint density at radius 2 is 1.91 bits per heavy atom. The number of hydrogen-bond acceptors (Lipinski definition) is 5. The number of alkyl halides is 3. The van der Waals surface area contributed by atoms with Gasteiger partial charge in [0.25, 0.3) is 0 Å². The number of oxazole rings is 1. The number of hydrogen-bond donors (Lipinski definition) is 0. The lowest BCUT2D eigenvalue weighted by Gasteiger charge is -2.16. The number of carbonyl (C=O) groups excluding carboxylic acids is 1. The lowest BCUT2D eigenvalue weighted by Crippen LogP contribution is -2.34. The fourth-order valence-electron chi connectivity index (χ4n) is 4.66. The third-order valence-electron chi connectivity index (χ3n) is 6.52. The van der Waals surface area contributed by atoms with Crippen LogP contribution in [0.15, 0.2) is 51.7 Å². The summed E-state index contributed by atoms with van der Waals surface area (Å²) in [7, 11) is 1.68. The number of likely N-dealkylation sites (tertiary alicyclic amines) is 1. The van der Waals surface area contributed by atoms with E-state index in [4.69, 9.17) is 9.15 Å². The SMILES string of the molecule is COC1CC12CCN(C(=O)Cn1c(=O)oc3ccc(-c4ccc(OC(F)(F)F)cc4)cc31)C2. The van der Waals surface area contributed by atoms with E-state index < -0.39 is 12.1 Å². The smallest absolute Gasteiger partial charge is 0.408 e. The van der Waals surface area contributed by atoms with Gasteiger partial charge < -0.3 is 18.8 Å². The van der Waals surface area contributed by atoms with E-state index >= 15 is 0 Å². The molecular formula is C23H21F3N2O5. The number of nitrogens with zero attached hydrogens (tertiary/aromatic N) is 2. The van der Waals surface area contributed by atoms with E-state index in [1.54, 1.807) is 30.2 Å². The number of rotatable bonds is 5. The largest absolute Gasteiger partial charge is 0.573 e. The van der Waals surface area contributed by atoms with Crippen LogP contribution in [0.5, 0.6) is 5.75 Å².